The highest BCUT2D eigenvalue weighted by Gasteiger charge is 2.65. The molecule has 59 heavy (non-hydrogen) atoms. The number of allylic oxidation sites excluding steroid dienone is 1. The van der Waals surface area contributed by atoms with Crippen molar-refractivity contribution in [3.05, 3.63) is 120 Å². The average molecular weight is 809 g/mol. The highest BCUT2D eigenvalue weighted by molar-refractivity contribution is 6.03. The van der Waals surface area contributed by atoms with E-state index in [2.05, 4.69) is 12.7 Å². The van der Waals surface area contributed by atoms with Crippen molar-refractivity contribution in [2.24, 2.45) is 28.8 Å². The van der Waals surface area contributed by atoms with Crippen LogP contribution in [0.25, 0.3) is 0 Å². The Balaban J connectivity index is 1.41. The summed E-state index contributed by atoms with van der Waals surface area (Å²) >= 11 is 0. The van der Waals surface area contributed by atoms with E-state index in [1.807, 2.05) is 35.2 Å². The Kier molecular flexibility index (Phi) is 14.6. The van der Waals surface area contributed by atoms with Crippen LogP contribution in [0, 0.1) is 29.5 Å². The van der Waals surface area contributed by atoms with Gasteiger partial charge in [-0.25, -0.2) is 4.39 Å². The molecule has 0 radical (unpaired) electrons. The van der Waals surface area contributed by atoms with Crippen LogP contribution in [0.5, 0.6) is 11.5 Å². The summed E-state index contributed by atoms with van der Waals surface area (Å²) in [4.78, 5) is 23.1. The third kappa shape index (κ3) is 9.77. The number of aliphatic hydroxyl groups is 2. The van der Waals surface area contributed by atoms with Crippen molar-refractivity contribution in [3.8, 4) is 11.5 Å². The molecular weight excluding hydrogens is 748 g/mol. The zero-order valence-corrected chi connectivity index (χ0v) is 34.2. The monoisotopic (exact) mass is 808 g/mol. The van der Waals surface area contributed by atoms with E-state index in [-0.39, 0.29) is 74.6 Å². The van der Waals surface area contributed by atoms with E-state index in [0.29, 0.717) is 36.6 Å². The van der Waals surface area contributed by atoms with E-state index in [4.69, 9.17) is 19.5 Å². The first-order valence-electron chi connectivity index (χ1n) is 21.8. The van der Waals surface area contributed by atoms with Crippen molar-refractivity contribution in [3.63, 3.8) is 0 Å². The number of oxime groups is 1. The standard InChI is InChI=1S/C49H61FN2O7/c1-2-28-57-49-45(52(32-35-18-21-38(50)22-19-35)46(56)25-20-34-12-6-7-13-34)31-43(51-58-33-36-14-4-3-5-15-36)41-29-37(16-8-10-26-53)40(17-9-11-27-54)47(48(41)49)42-30-39(55)23-24-44(42)59-49/h2-5,14-15,18-19,21-24,29-30,34,37,40,45,47-48,53-55H,1,6-13,16-17,20,25-28,31-33H2/t37-,40+,45-,47+,48+,49+/m0/s1. The van der Waals surface area contributed by atoms with Crippen molar-refractivity contribution in [2.45, 2.75) is 114 Å². The highest BCUT2D eigenvalue weighted by atomic mass is 19.1. The van der Waals surface area contributed by atoms with E-state index in [0.717, 1.165) is 67.2 Å². The zero-order valence-electron chi connectivity index (χ0n) is 34.2. The number of carbonyl (C=O) groups is 1. The lowest BCUT2D eigenvalue weighted by Gasteiger charge is -2.60. The number of nitrogens with zero attached hydrogens (tertiary/aromatic N) is 2. The van der Waals surface area contributed by atoms with Crippen LogP contribution in [0.1, 0.15) is 106 Å². The Labute approximate surface area is 348 Å². The molecule has 0 bridgehead atoms. The number of ether oxygens (including phenoxy) is 2. The lowest BCUT2D eigenvalue weighted by atomic mass is 9.55. The minimum absolute atomic E-state index is 0.0291. The molecule has 3 N–H and O–H groups in total. The van der Waals surface area contributed by atoms with Crippen LogP contribution in [0.3, 0.4) is 0 Å². The average Bonchev–Trinajstić information content (AvgIpc) is 3.78. The van der Waals surface area contributed by atoms with Gasteiger partial charge in [0.15, 0.2) is 0 Å². The summed E-state index contributed by atoms with van der Waals surface area (Å²) in [5.41, 5.74) is 4.26. The largest absolute Gasteiger partial charge is 0.508 e. The molecule has 0 unspecified atom stereocenters. The first-order valence-corrected chi connectivity index (χ1v) is 21.8. The fourth-order valence-electron chi connectivity index (χ4n) is 10.3. The maximum absolute atomic E-state index is 15.0. The van der Waals surface area contributed by atoms with Crippen molar-refractivity contribution in [1.29, 1.82) is 0 Å². The number of aliphatic hydroxyl groups excluding tert-OH is 2. The molecule has 0 aromatic heterocycles. The van der Waals surface area contributed by atoms with Gasteiger partial charge >= 0.3 is 0 Å². The summed E-state index contributed by atoms with van der Waals surface area (Å²) in [6.07, 6.45) is 14.6. The van der Waals surface area contributed by atoms with E-state index < -0.39 is 17.7 Å². The van der Waals surface area contributed by atoms with Crippen molar-refractivity contribution < 1.29 is 38.8 Å². The van der Waals surface area contributed by atoms with E-state index in [1.165, 1.54) is 25.0 Å². The van der Waals surface area contributed by atoms with Gasteiger partial charge in [-0.2, -0.15) is 0 Å². The molecule has 3 aromatic rings. The second-order valence-electron chi connectivity index (χ2n) is 16.9. The topological polar surface area (TPSA) is 121 Å². The number of rotatable bonds is 20. The molecule has 1 heterocycles. The number of hydrogen-bond acceptors (Lipinski definition) is 8. The SMILES string of the molecule is C=CCO[C@@]12Oc3ccc(O)cc3[C@H]3[C@H](CCCCO)[C@@H](CCCCO)C=C(C(=NOCc4ccccc4)C[C@@H]1N(Cc1ccc(F)cc1)C(=O)CCC1CCCC1)[C@H]32. The number of hydrogen-bond donors (Lipinski definition) is 3. The lowest BCUT2D eigenvalue weighted by Crippen LogP contribution is -2.70. The van der Waals surface area contributed by atoms with Gasteiger partial charge < -0.3 is 34.5 Å². The molecule has 316 valence electrons. The molecule has 1 aliphatic heterocycles. The van der Waals surface area contributed by atoms with Gasteiger partial charge in [0.2, 0.25) is 11.7 Å². The molecule has 0 spiro atoms. The maximum atomic E-state index is 15.0. The van der Waals surface area contributed by atoms with Crippen LogP contribution in [0.2, 0.25) is 0 Å². The predicted octanol–water partition coefficient (Wildman–Crippen LogP) is 9.36. The van der Waals surface area contributed by atoms with Gasteiger partial charge in [-0.3, -0.25) is 4.79 Å². The number of phenolic OH excluding ortho intramolecular Hbond substituents is 1. The molecule has 4 aliphatic rings. The molecule has 6 atom stereocenters. The fourth-order valence-corrected chi connectivity index (χ4v) is 10.3. The minimum atomic E-state index is -1.42. The molecule has 9 nitrogen and oxygen atoms in total. The number of carbonyl (C=O) groups excluding carboxylic acids is 1. The summed E-state index contributed by atoms with van der Waals surface area (Å²) < 4.78 is 28.7. The number of amides is 1. The molecule has 10 heteroatoms. The molecule has 7 rings (SSSR count). The summed E-state index contributed by atoms with van der Waals surface area (Å²) in [5, 5.41) is 35.7. The molecular formula is C49H61FN2O7. The summed E-state index contributed by atoms with van der Waals surface area (Å²) in [6, 6.07) is 20.7. The van der Waals surface area contributed by atoms with E-state index in [1.54, 1.807) is 36.4 Å². The quantitative estimate of drug-likeness (QED) is 0.0591. The second-order valence-corrected chi connectivity index (χ2v) is 16.9. The van der Waals surface area contributed by atoms with Gasteiger partial charge in [0.25, 0.3) is 0 Å². The smallest absolute Gasteiger partial charge is 0.239 e. The van der Waals surface area contributed by atoms with Gasteiger partial charge in [0, 0.05) is 44.1 Å². The highest BCUT2D eigenvalue weighted by Crippen LogP contribution is 2.62. The van der Waals surface area contributed by atoms with Gasteiger partial charge in [0.05, 0.1) is 18.2 Å². The van der Waals surface area contributed by atoms with Crippen LogP contribution in [-0.2, 0) is 27.5 Å². The number of fused-ring (bicyclic) bond motifs is 2. The van der Waals surface area contributed by atoms with Gasteiger partial charge in [0.1, 0.15) is 30.0 Å². The minimum Gasteiger partial charge on any atom is -0.508 e. The maximum Gasteiger partial charge on any atom is 0.239 e. The number of phenols is 1. The Morgan fingerprint density at radius 3 is 2.42 bits per heavy atom. The van der Waals surface area contributed by atoms with Crippen molar-refractivity contribution in [1.82, 2.24) is 4.90 Å². The number of aromatic hydroxyl groups is 1. The van der Waals surface area contributed by atoms with Crippen molar-refractivity contribution >= 4 is 11.6 Å². The lowest BCUT2D eigenvalue weighted by molar-refractivity contribution is -0.258. The molecule has 2 fully saturated rings. The Bertz CT molecular complexity index is 1910. The molecule has 0 saturated heterocycles. The molecule has 1 amide bonds. The van der Waals surface area contributed by atoms with Crippen LogP contribution in [0.15, 0.2) is 102 Å². The summed E-state index contributed by atoms with van der Waals surface area (Å²) in [5.74, 6) is -1.20. The Hall–Kier alpha value is -4.51. The molecule has 3 aromatic carbocycles. The third-order valence-electron chi connectivity index (χ3n) is 13.1. The Morgan fingerprint density at radius 1 is 0.949 bits per heavy atom. The fraction of sp³-hybridized carbons (Fsp3) is 0.510. The van der Waals surface area contributed by atoms with Gasteiger partial charge in [-0.15, -0.1) is 6.58 Å². The van der Waals surface area contributed by atoms with E-state index in [9.17, 15) is 24.5 Å². The summed E-state index contributed by atoms with van der Waals surface area (Å²) in [6.45, 7) is 4.83. The Morgan fingerprint density at radius 2 is 1.69 bits per heavy atom. The van der Waals surface area contributed by atoms with Crippen LogP contribution < -0.4 is 4.74 Å². The van der Waals surface area contributed by atoms with Crippen molar-refractivity contribution in [2.75, 3.05) is 19.8 Å². The molecule has 2 saturated carbocycles. The van der Waals surface area contributed by atoms with Gasteiger partial charge in [-0.1, -0.05) is 98.3 Å². The normalized spacial score (nSPS) is 25.4. The van der Waals surface area contributed by atoms with Gasteiger partial charge in [-0.05, 0) is 96.9 Å². The number of halogens is 1. The van der Waals surface area contributed by atoms with Crippen LogP contribution >= 0.6 is 0 Å². The second kappa shape index (κ2) is 20.2. The van der Waals surface area contributed by atoms with Crippen LogP contribution in [0.4, 0.5) is 4.39 Å². The summed E-state index contributed by atoms with van der Waals surface area (Å²) in [7, 11) is 0. The zero-order chi connectivity index (χ0) is 41.2. The number of unbranched alkanes of at least 4 members (excludes halogenated alkanes) is 2. The predicted molar refractivity (Wildman–Crippen MR) is 226 cm³/mol. The first-order chi connectivity index (χ1) is 28.8. The molecule has 3 aliphatic carbocycles. The third-order valence-corrected chi connectivity index (χ3v) is 13.1. The first kappa shape index (κ1) is 42.6. The van der Waals surface area contributed by atoms with Crippen LogP contribution in [-0.4, -0.2) is 63.5 Å². The van der Waals surface area contributed by atoms with E-state index >= 15 is 0 Å². The number of benzene rings is 3.